The molecule has 2 heteroatoms. The summed E-state index contributed by atoms with van der Waals surface area (Å²) in [6.07, 6.45) is 6.22. The van der Waals surface area contributed by atoms with Gasteiger partial charge < -0.3 is 9.90 Å². The maximum atomic E-state index is 11.0. The molecule has 0 aliphatic heterocycles. The summed E-state index contributed by atoms with van der Waals surface area (Å²) in [5, 5.41) is 8.87. The summed E-state index contributed by atoms with van der Waals surface area (Å²) in [6, 6.07) is 0. The Bertz CT molecular complexity index is 152. The number of aldehydes is 1. The van der Waals surface area contributed by atoms with Gasteiger partial charge in [-0.1, -0.05) is 19.8 Å². The van der Waals surface area contributed by atoms with E-state index in [0.717, 1.165) is 25.5 Å². The van der Waals surface area contributed by atoms with E-state index in [-0.39, 0.29) is 12.0 Å². The van der Waals surface area contributed by atoms with Crippen LogP contribution in [0.15, 0.2) is 0 Å². The van der Waals surface area contributed by atoms with Crippen LogP contribution < -0.4 is 0 Å². The molecule has 1 aliphatic rings. The van der Waals surface area contributed by atoms with Gasteiger partial charge in [0.2, 0.25) is 0 Å². The van der Waals surface area contributed by atoms with Gasteiger partial charge in [0.1, 0.15) is 6.29 Å². The minimum absolute atomic E-state index is 0.142. The molecule has 0 radical (unpaired) electrons. The van der Waals surface area contributed by atoms with E-state index in [2.05, 4.69) is 6.92 Å². The summed E-state index contributed by atoms with van der Waals surface area (Å²) < 4.78 is 0. The Labute approximate surface area is 74.0 Å². The normalized spacial score (nSPS) is 36.3. The van der Waals surface area contributed by atoms with Crippen molar-refractivity contribution in [3.05, 3.63) is 0 Å². The van der Waals surface area contributed by atoms with Gasteiger partial charge in [-0.25, -0.2) is 0 Å². The summed E-state index contributed by atoms with van der Waals surface area (Å²) in [4.78, 5) is 11.0. The first-order valence-corrected chi connectivity index (χ1v) is 4.82. The third kappa shape index (κ3) is 1.69. The van der Waals surface area contributed by atoms with Crippen LogP contribution in [0.1, 0.15) is 39.0 Å². The molecule has 0 saturated heterocycles. The summed E-state index contributed by atoms with van der Waals surface area (Å²) in [7, 11) is 0. The number of hydrogen-bond acceptors (Lipinski definition) is 2. The molecule has 0 aromatic heterocycles. The Morgan fingerprint density at radius 3 is 2.83 bits per heavy atom. The minimum atomic E-state index is -0.201. The van der Waals surface area contributed by atoms with Crippen LogP contribution >= 0.6 is 0 Å². The maximum Gasteiger partial charge on any atom is 0.126 e. The standard InChI is InChI=1S/C10H18O2/c1-9-4-2-3-5-10(9,8-12)6-7-11/h8-9,11H,2-7H2,1H3. The molecule has 1 aliphatic carbocycles. The van der Waals surface area contributed by atoms with E-state index >= 15 is 0 Å². The summed E-state index contributed by atoms with van der Waals surface area (Å²) in [6.45, 7) is 2.27. The van der Waals surface area contributed by atoms with Gasteiger partial charge in [0.15, 0.2) is 0 Å². The predicted molar refractivity (Wildman–Crippen MR) is 47.8 cm³/mol. The zero-order valence-electron chi connectivity index (χ0n) is 7.75. The van der Waals surface area contributed by atoms with Crippen molar-refractivity contribution >= 4 is 6.29 Å². The Hall–Kier alpha value is -0.370. The van der Waals surface area contributed by atoms with Gasteiger partial charge in [-0.15, -0.1) is 0 Å². The lowest BCUT2D eigenvalue weighted by atomic mass is 9.66. The average molecular weight is 170 g/mol. The molecule has 2 atom stereocenters. The summed E-state index contributed by atoms with van der Waals surface area (Å²) in [5.74, 6) is 0.455. The maximum absolute atomic E-state index is 11.0. The molecule has 1 rings (SSSR count). The molecule has 1 fully saturated rings. The molecular weight excluding hydrogens is 152 g/mol. The Morgan fingerprint density at radius 2 is 2.33 bits per heavy atom. The third-order valence-corrected chi connectivity index (χ3v) is 3.32. The highest BCUT2D eigenvalue weighted by atomic mass is 16.3. The average Bonchev–Trinajstić information content (AvgIpc) is 2.10. The van der Waals surface area contributed by atoms with Gasteiger partial charge in [0.25, 0.3) is 0 Å². The Kier molecular flexibility index (Phi) is 3.27. The van der Waals surface area contributed by atoms with Gasteiger partial charge in [0, 0.05) is 12.0 Å². The second kappa shape index (κ2) is 4.04. The van der Waals surface area contributed by atoms with Gasteiger partial charge in [-0.2, -0.15) is 0 Å². The SMILES string of the molecule is CC1CCCCC1(C=O)CCO. The molecular formula is C10H18O2. The minimum Gasteiger partial charge on any atom is -0.396 e. The topological polar surface area (TPSA) is 37.3 Å². The van der Waals surface area contributed by atoms with Crippen LogP contribution in [0.3, 0.4) is 0 Å². The highest BCUT2D eigenvalue weighted by Gasteiger charge is 2.37. The lowest BCUT2D eigenvalue weighted by Gasteiger charge is -2.37. The Balaban J connectivity index is 2.66. The largest absolute Gasteiger partial charge is 0.396 e. The van der Waals surface area contributed by atoms with Crippen molar-refractivity contribution < 1.29 is 9.90 Å². The van der Waals surface area contributed by atoms with Gasteiger partial charge in [-0.05, 0) is 25.2 Å². The van der Waals surface area contributed by atoms with E-state index in [0.29, 0.717) is 12.3 Å². The van der Waals surface area contributed by atoms with Crippen LogP contribution in [0.5, 0.6) is 0 Å². The van der Waals surface area contributed by atoms with Crippen molar-refractivity contribution in [3.63, 3.8) is 0 Å². The number of hydrogen-bond donors (Lipinski definition) is 1. The smallest absolute Gasteiger partial charge is 0.126 e. The number of carbonyl (C=O) groups is 1. The molecule has 1 saturated carbocycles. The second-order valence-corrected chi connectivity index (χ2v) is 3.97. The van der Waals surface area contributed by atoms with Crippen molar-refractivity contribution in [1.29, 1.82) is 0 Å². The molecule has 1 N–H and O–H groups in total. The number of rotatable bonds is 3. The number of carbonyl (C=O) groups excluding carboxylic acids is 1. The molecule has 0 bridgehead atoms. The van der Waals surface area contributed by atoms with Gasteiger partial charge in [0.05, 0.1) is 0 Å². The van der Waals surface area contributed by atoms with E-state index in [9.17, 15) is 4.79 Å². The zero-order valence-corrected chi connectivity index (χ0v) is 7.75. The monoisotopic (exact) mass is 170 g/mol. The summed E-state index contributed by atoms with van der Waals surface area (Å²) in [5.41, 5.74) is -0.201. The number of aliphatic hydroxyl groups is 1. The lowest BCUT2D eigenvalue weighted by molar-refractivity contribution is -0.121. The predicted octanol–water partition coefficient (Wildman–Crippen LogP) is 1.76. The van der Waals surface area contributed by atoms with Crippen LogP contribution in [0, 0.1) is 11.3 Å². The van der Waals surface area contributed by atoms with Crippen molar-refractivity contribution in [2.75, 3.05) is 6.61 Å². The third-order valence-electron chi connectivity index (χ3n) is 3.32. The van der Waals surface area contributed by atoms with Crippen molar-refractivity contribution in [1.82, 2.24) is 0 Å². The van der Waals surface area contributed by atoms with Crippen LogP contribution in [0.2, 0.25) is 0 Å². The fourth-order valence-electron chi connectivity index (χ4n) is 2.25. The summed E-state index contributed by atoms with van der Waals surface area (Å²) >= 11 is 0. The van der Waals surface area contributed by atoms with Crippen LogP contribution in [-0.2, 0) is 4.79 Å². The molecule has 0 aromatic carbocycles. The first kappa shape index (κ1) is 9.72. The fourth-order valence-corrected chi connectivity index (χ4v) is 2.25. The molecule has 0 amide bonds. The fraction of sp³-hybridized carbons (Fsp3) is 0.900. The van der Waals surface area contributed by atoms with Crippen LogP contribution in [-0.4, -0.2) is 18.0 Å². The van der Waals surface area contributed by atoms with Crippen LogP contribution in [0.4, 0.5) is 0 Å². The van der Waals surface area contributed by atoms with E-state index in [4.69, 9.17) is 5.11 Å². The molecule has 0 aromatic rings. The van der Waals surface area contributed by atoms with Gasteiger partial charge >= 0.3 is 0 Å². The van der Waals surface area contributed by atoms with Gasteiger partial charge in [-0.3, -0.25) is 0 Å². The van der Waals surface area contributed by atoms with E-state index in [1.165, 1.54) is 6.42 Å². The molecule has 2 unspecified atom stereocenters. The van der Waals surface area contributed by atoms with E-state index < -0.39 is 0 Å². The Morgan fingerprint density at radius 1 is 1.58 bits per heavy atom. The highest BCUT2D eigenvalue weighted by Crippen LogP contribution is 2.41. The highest BCUT2D eigenvalue weighted by molar-refractivity contribution is 5.60. The van der Waals surface area contributed by atoms with E-state index in [1.807, 2.05) is 0 Å². The quantitative estimate of drug-likeness (QED) is 0.655. The van der Waals surface area contributed by atoms with Crippen molar-refractivity contribution in [2.45, 2.75) is 39.0 Å². The second-order valence-electron chi connectivity index (χ2n) is 3.97. The molecule has 70 valence electrons. The van der Waals surface area contributed by atoms with Crippen molar-refractivity contribution in [3.8, 4) is 0 Å². The molecule has 0 heterocycles. The molecule has 12 heavy (non-hydrogen) atoms. The first-order valence-electron chi connectivity index (χ1n) is 4.82. The molecule has 0 spiro atoms. The zero-order chi connectivity index (χ0) is 9.03. The lowest BCUT2D eigenvalue weighted by Crippen LogP contribution is -2.34. The van der Waals surface area contributed by atoms with E-state index in [1.54, 1.807) is 0 Å². The van der Waals surface area contributed by atoms with Crippen LogP contribution in [0.25, 0.3) is 0 Å². The first-order chi connectivity index (χ1) is 5.75. The number of aliphatic hydroxyl groups excluding tert-OH is 1. The van der Waals surface area contributed by atoms with Crippen molar-refractivity contribution in [2.24, 2.45) is 11.3 Å². The molecule has 2 nitrogen and oxygen atoms in total.